The van der Waals surface area contributed by atoms with Gasteiger partial charge in [-0.2, -0.15) is 0 Å². The zero-order valence-corrected chi connectivity index (χ0v) is 20.2. The first kappa shape index (κ1) is 26.9. The monoisotopic (exact) mass is 418 g/mol. The molecule has 0 bridgehead atoms. The molecule has 31 heavy (non-hydrogen) atoms. The third-order valence-electron chi connectivity index (χ3n) is 5.09. The molecule has 0 radical (unpaired) electrons. The van der Waals surface area contributed by atoms with Crippen molar-refractivity contribution in [3.63, 3.8) is 0 Å². The fourth-order valence-electron chi connectivity index (χ4n) is 3.12. The van der Waals surface area contributed by atoms with Crippen LogP contribution in [0.3, 0.4) is 0 Å². The lowest BCUT2D eigenvalue weighted by atomic mass is 10.0. The Balaban J connectivity index is 2.59. The summed E-state index contributed by atoms with van der Waals surface area (Å²) in [6.45, 7) is 7.96. The Bertz CT molecular complexity index is 770. The lowest BCUT2D eigenvalue weighted by Crippen LogP contribution is -1.95. The normalized spacial score (nSPS) is 9.77. The van der Waals surface area contributed by atoms with Crippen molar-refractivity contribution >= 4 is 0 Å². The van der Waals surface area contributed by atoms with Gasteiger partial charge < -0.3 is 4.74 Å². The van der Waals surface area contributed by atoms with Gasteiger partial charge in [0.2, 0.25) is 0 Å². The minimum atomic E-state index is 0.500. The van der Waals surface area contributed by atoms with Gasteiger partial charge in [-0.05, 0) is 43.0 Å². The molecule has 0 heterocycles. The maximum Gasteiger partial charge on any atom is 0.108 e. The number of benzene rings is 1. The summed E-state index contributed by atoms with van der Waals surface area (Å²) in [5.41, 5.74) is 3.30. The van der Waals surface area contributed by atoms with Gasteiger partial charge in [-0.15, -0.1) is 5.92 Å². The SMILES string of the molecule is CCCCC#CCc1cc(C#CCOCCCCCCCC)ccc1C#CCCCC. The van der Waals surface area contributed by atoms with E-state index in [2.05, 4.69) is 74.5 Å². The molecule has 0 amide bonds. The van der Waals surface area contributed by atoms with Crippen molar-refractivity contribution in [1.29, 1.82) is 0 Å². The van der Waals surface area contributed by atoms with E-state index in [1.54, 1.807) is 0 Å². The zero-order valence-electron chi connectivity index (χ0n) is 20.2. The molecule has 0 unspecified atom stereocenters. The molecule has 1 heteroatoms. The summed E-state index contributed by atoms with van der Waals surface area (Å²) in [5.74, 6) is 19.7. The second kappa shape index (κ2) is 19.8. The van der Waals surface area contributed by atoms with E-state index in [4.69, 9.17) is 4.74 Å². The van der Waals surface area contributed by atoms with Crippen LogP contribution in [-0.2, 0) is 11.2 Å². The molecule has 0 saturated heterocycles. The van der Waals surface area contributed by atoms with Crippen LogP contribution in [0.15, 0.2) is 18.2 Å². The first-order chi connectivity index (χ1) is 15.3. The average Bonchev–Trinajstić information content (AvgIpc) is 2.79. The largest absolute Gasteiger partial charge is 0.369 e. The van der Waals surface area contributed by atoms with Crippen LogP contribution < -0.4 is 0 Å². The number of hydrogen-bond donors (Lipinski definition) is 0. The van der Waals surface area contributed by atoms with Crippen LogP contribution in [0, 0.1) is 35.5 Å². The van der Waals surface area contributed by atoms with Gasteiger partial charge in [0, 0.05) is 37.0 Å². The number of unbranched alkanes of at least 4 members (excludes halogenated alkanes) is 9. The van der Waals surface area contributed by atoms with Crippen molar-refractivity contribution in [2.45, 2.75) is 104 Å². The fourth-order valence-corrected chi connectivity index (χ4v) is 3.12. The van der Waals surface area contributed by atoms with Crippen molar-refractivity contribution < 1.29 is 4.74 Å². The molecule has 0 atom stereocenters. The van der Waals surface area contributed by atoms with Gasteiger partial charge in [-0.25, -0.2) is 0 Å². The second-order valence-corrected chi connectivity index (χ2v) is 8.03. The molecule has 1 rings (SSSR count). The van der Waals surface area contributed by atoms with E-state index in [9.17, 15) is 0 Å². The maximum atomic E-state index is 5.68. The summed E-state index contributed by atoms with van der Waals surface area (Å²) in [5, 5.41) is 0. The van der Waals surface area contributed by atoms with Gasteiger partial charge in [-0.3, -0.25) is 0 Å². The van der Waals surface area contributed by atoms with E-state index in [1.165, 1.54) is 56.9 Å². The van der Waals surface area contributed by atoms with Gasteiger partial charge in [0.15, 0.2) is 0 Å². The summed E-state index contributed by atoms with van der Waals surface area (Å²) in [6, 6.07) is 6.32. The van der Waals surface area contributed by atoms with Crippen molar-refractivity contribution in [1.82, 2.24) is 0 Å². The summed E-state index contributed by atoms with van der Waals surface area (Å²) in [7, 11) is 0. The molecule has 1 aromatic rings. The Hall–Kier alpha value is -2.14. The molecule has 0 spiro atoms. The van der Waals surface area contributed by atoms with Crippen LogP contribution in [0.1, 0.15) is 115 Å². The molecule has 0 aliphatic rings. The average molecular weight is 419 g/mol. The molecule has 168 valence electrons. The fraction of sp³-hybridized carbons (Fsp3) is 0.600. The van der Waals surface area contributed by atoms with E-state index in [0.717, 1.165) is 49.8 Å². The molecule has 0 aliphatic heterocycles. The number of ether oxygens (including phenoxy) is 1. The third kappa shape index (κ3) is 14.5. The first-order valence-corrected chi connectivity index (χ1v) is 12.5. The lowest BCUT2D eigenvalue weighted by molar-refractivity contribution is 0.161. The van der Waals surface area contributed by atoms with Crippen molar-refractivity contribution in [2.24, 2.45) is 0 Å². The van der Waals surface area contributed by atoms with Gasteiger partial charge in [-0.1, -0.05) is 95.3 Å². The number of rotatable bonds is 13. The van der Waals surface area contributed by atoms with Crippen LogP contribution in [0.2, 0.25) is 0 Å². The Labute approximate surface area is 192 Å². The smallest absolute Gasteiger partial charge is 0.108 e. The van der Waals surface area contributed by atoms with E-state index in [-0.39, 0.29) is 0 Å². The van der Waals surface area contributed by atoms with E-state index in [1.807, 2.05) is 0 Å². The van der Waals surface area contributed by atoms with Gasteiger partial charge in [0.25, 0.3) is 0 Å². The van der Waals surface area contributed by atoms with E-state index >= 15 is 0 Å². The predicted molar refractivity (Wildman–Crippen MR) is 135 cm³/mol. The third-order valence-corrected chi connectivity index (χ3v) is 5.09. The highest BCUT2D eigenvalue weighted by Gasteiger charge is 2.00. The van der Waals surface area contributed by atoms with Crippen molar-refractivity contribution in [3.8, 4) is 35.5 Å². The molecule has 0 aromatic heterocycles. The molecule has 1 aromatic carbocycles. The maximum absolute atomic E-state index is 5.68. The minimum Gasteiger partial charge on any atom is -0.369 e. The Morgan fingerprint density at radius 3 is 2.16 bits per heavy atom. The van der Waals surface area contributed by atoms with Gasteiger partial charge >= 0.3 is 0 Å². The molecule has 0 N–H and O–H groups in total. The Morgan fingerprint density at radius 2 is 1.39 bits per heavy atom. The molecule has 1 nitrogen and oxygen atoms in total. The van der Waals surface area contributed by atoms with E-state index < -0.39 is 0 Å². The predicted octanol–water partition coefficient (Wildman–Crippen LogP) is 7.69. The summed E-state index contributed by atoms with van der Waals surface area (Å²) >= 11 is 0. The van der Waals surface area contributed by atoms with Gasteiger partial charge in [0.05, 0.1) is 0 Å². The highest BCUT2D eigenvalue weighted by atomic mass is 16.5. The van der Waals surface area contributed by atoms with Crippen LogP contribution in [0.5, 0.6) is 0 Å². The standard InChI is InChI=1S/C30H42O/c1-4-7-10-13-15-18-25-31-26-19-20-28-23-24-29(21-16-12-9-6-3)30(27-28)22-17-14-11-8-5-2/h23-24,27H,4-13,15,18,22,25-26H2,1-3H3. The van der Waals surface area contributed by atoms with Crippen LogP contribution >= 0.6 is 0 Å². The van der Waals surface area contributed by atoms with Crippen LogP contribution in [0.4, 0.5) is 0 Å². The van der Waals surface area contributed by atoms with Crippen LogP contribution in [-0.4, -0.2) is 13.2 Å². The lowest BCUT2D eigenvalue weighted by Gasteiger charge is -2.02. The highest BCUT2D eigenvalue weighted by molar-refractivity contribution is 5.49. The second-order valence-electron chi connectivity index (χ2n) is 8.03. The topological polar surface area (TPSA) is 9.23 Å². The minimum absolute atomic E-state index is 0.500. The summed E-state index contributed by atoms with van der Waals surface area (Å²) in [6.07, 6.45) is 15.1. The quantitative estimate of drug-likeness (QED) is 0.236. The molecular weight excluding hydrogens is 376 g/mol. The molecule has 0 fully saturated rings. The van der Waals surface area contributed by atoms with E-state index in [0.29, 0.717) is 6.61 Å². The summed E-state index contributed by atoms with van der Waals surface area (Å²) in [4.78, 5) is 0. The molecule has 0 aliphatic carbocycles. The number of hydrogen-bond acceptors (Lipinski definition) is 1. The summed E-state index contributed by atoms with van der Waals surface area (Å²) < 4.78 is 5.68. The highest BCUT2D eigenvalue weighted by Crippen LogP contribution is 2.12. The van der Waals surface area contributed by atoms with Crippen molar-refractivity contribution in [2.75, 3.05) is 13.2 Å². The zero-order chi connectivity index (χ0) is 22.4. The molecule has 0 saturated carbocycles. The Kier molecular flexibility index (Phi) is 17.2. The van der Waals surface area contributed by atoms with Gasteiger partial charge in [0.1, 0.15) is 6.61 Å². The van der Waals surface area contributed by atoms with Crippen LogP contribution in [0.25, 0.3) is 0 Å². The Morgan fingerprint density at radius 1 is 0.677 bits per heavy atom. The van der Waals surface area contributed by atoms with Crippen molar-refractivity contribution in [3.05, 3.63) is 34.9 Å². The molecular formula is C30H42O. The first-order valence-electron chi connectivity index (χ1n) is 12.5.